The van der Waals surface area contributed by atoms with Crippen LogP contribution in [-0.4, -0.2) is 13.7 Å². The summed E-state index contributed by atoms with van der Waals surface area (Å²) in [6, 6.07) is 7.99. The number of ether oxygens (including phenoxy) is 2. The van der Waals surface area contributed by atoms with Crippen LogP contribution < -0.4 is 15.2 Å². The van der Waals surface area contributed by atoms with Crippen molar-refractivity contribution in [3.63, 3.8) is 0 Å². The topological polar surface area (TPSA) is 44.5 Å². The predicted molar refractivity (Wildman–Crippen MR) is 82.1 cm³/mol. The largest absolute Gasteiger partial charge is 0.493 e. The zero-order chi connectivity index (χ0) is 13.7. The summed E-state index contributed by atoms with van der Waals surface area (Å²) in [5, 5.41) is 2.04. The van der Waals surface area contributed by atoms with Gasteiger partial charge in [-0.25, -0.2) is 0 Å². The minimum atomic E-state index is 0.540. The molecule has 0 bridgehead atoms. The second-order valence-corrected chi connectivity index (χ2v) is 5.96. The van der Waals surface area contributed by atoms with E-state index < -0.39 is 0 Å². The summed E-state index contributed by atoms with van der Waals surface area (Å²) in [6.45, 7) is 1.17. The molecule has 0 spiro atoms. The third-order valence-electron chi connectivity index (χ3n) is 2.65. The summed E-state index contributed by atoms with van der Waals surface area (Å²) in [7, 11) is 1.65. The van der Waals surface area contributed by atoms with Gasteiger partial charge in [0.1, 0.15) is 6.61 Å². The molecular formula is C14H16BrNO2S. The molecule has 1 heterocycles. The maximum absolute atomic E-state index is 5.84. The van der Waals surface area contributed by atoms with Gasteiger partial charge in [0.2, 0.25) is 0 Å². The number of nitrogens with two attached hydrogens (primary N) is 1. The first-order valence-corrected chi connectivity index (χ1v) is 7.63. The van der Waals surface area contributed by atoms with Crippen molar-refractivity contribution in [3.8, 4) is 11.5 Å². The molecule has 0 fully saturated rings. The van der Waals surface area contributed by atoms with E-state index in [9.17, 15) is 0 Å². The standard InChI is InChI=1S/C14H16BrNO2S/c1-17-13-3-2-10(4-5-16)6-14(13)18-8-12-7-11(15)9-19-12/h2-3,6-7,9H,4-5,8,16H2,1H3. The van der Waals surface area contributed by atoms with Crippen molar-refractivity contribution in [1.82, 2.24) is 0 Å². The van der Waals surface area contributed by atoms with E-state index in [1.807, 2.05) is 23.6 Å². The van der Waals surface area contributed by atoms with Crippen LogP contribution in [0.3, 0.4) is 0 Å². The lowest BCUT2D eigenvalue weighted by molar-refractivity contribution is 0.287. The Morgan fingerprint density at radius 1 is 1.26 bits per heavy atom. The van der Waals surface area contributed by atoms with Gasteiger partial charge < -0.3 is 15.2 Å². The first-order chi connectivity index (χ1) is 9.22. The van der Waals surface area contributed by atoms with Crippen LogP contribution in [0.5, 0.6) is 11.5 Å². The molecule has 0 unspecified atom stereocenters. The Balaban J connectivity index is 2.10. The number of thiophene rings is 1. The molecule has 0 aliphatic heterocycles. The van der Waals surface area contributed by atoms with E-state index in [-0.39, 0.29) is 0 Å². The summed E-state index contributed by atoms with van der Waals surface area (Å²) >= 11 is 5.10. The zero-order valence-electron chi connectivity index (χ0n) is 10.7. The van der Waals surface area contributed by atoms with Crippen molar-refractivity contribution >= 4 is 27.3 Å². The van der Waals surface area contributed by atoms with Gasteiger partial charge >= 0.3 is 0 Å². The van der Waals surface area contributed by atoms with E-state index in [1.54, 1.807) is 18.4 Å². The fourth-order valence-corrected chi connectivity index (χ4v) is 3.10. The second-order valence-electron chi connectivity index (χ2n) is 4.04. The van der Waals surface area contributed by atoms with Gasteiger partial charge in [-0.3, -0.25) is 0 Å². The highest BCUT2D eigenvalue weighted by molar-refractivity contribution is 9.10. The van der Waals surface area contributed by atoms with Gasteiger partial charge in [0.05, 0.1) is 7.11 Å². The summed E-state index contributed by atoms with van der Waals surface area (Å²) in [5.74, 6) is 1.51. The first kappa shape index (κ1) is 14.4. The van der Waals surface area contributed by atoms with Gasteiger partial charge in [0.15, 0.2) is 11.5 Å². The Morgan fingerprint density at radius 2 is 2.11 bits per heavy atom. The normalized spacial score (nSPS) is 10.5. The van der Waals surface area contributed by atoms with E-state index in [0.717, 1.165) is 32.8 Å². The van der Waals surface area contributed by atoms with E-state index >= 15 is 0 Å². The number of methoxy groups -OCH3 is 1. The fraction of sp³-hybridized carbons (Fsp3) is 0.286. The lowest BCUT2D eigenvalue weighted by Crippen LogP contribution is -2.03. The molecule has 102 valence electrons. The molecule has 1 aromatic carbocycles. The number of rotatable bonds is 6. The molecule has 0 amide bonds. The predicted octanol–water partition coefficient (Wildman–Crippen LogP) is 3.60. The van der Waals surface area contributed by atoms with Gasteiger partial charge in [0.25, 0.3) is 0 Å². The molecule has 2 aromatic rings. The van der Waals surface area contributed by atoms with E-state index in [4.69, 9.17) is 15.2 Å². The van der Waals surface area contributed by atoms with Crippen molar-refractivity contribution in [2.75, 3.05) is 13.7 Å². The third-order valence-corrected chi connectivity index (χ3v) is 4.32. The number of halogens is 1. The molecule has 0 radical (unpaired) electrons. The first-order valence-electron chi connectivity index (χ1n) is 5.95. The van der Waals surface area contributed by atoms with Crippen LogP contribution in [0.25, 0.3) is 0 Å². The van der Waals surface area contributed by atoms with Crippen LogP contribution >= 0.6 is 27.3 Å². The van der Waals surface area contributed by atoms with Crippen LogP contribution in [0.2, 0.25) is 0 Å². The van der Waals surface area contributed by atoms with Crippen molar-refractivity contribution < 1.29 is 9.47 Å². The average Bonchev–Trinajstić information content (AvgIpc) is 2.83. The molecule has 2 rings (SSSR count). The highest BCUT2D eigenvalue weighted by Crippen LogP contribution is 2.30. The Bertz CT molecular complexity index is 542. The third kappa shape index (κ3) is 3.96. The Morgan fingerprint density at radius 3 is 2.74 bits per heavy atom. The summed E-state index contributed by atoms with van der Waals surface area (Å²) < 4.78 is 12.2. The number of benzene rings is 1. The van der Waals surface area contributed by atoms with Crippen LogP contribution in [0.1, 0.15) is 10.4 Å². The number of hydrogen-bond acceptors (Lipinski definition) is 4. The molecule has 1 aromatic heterocycles. The molecular weight excluding hydrogens is 326 g/mol. The van der Waals surface area contributed by atoms with Crippen LogP contribution in [0.15, 0.2) is 34.1 Å². The van der Waals surface area contributed by atoms with E-state index in [0.29, 0.717) is 13.2 Å². The van der Waals surface area contributed by atoms with Crippen molar-refractivity contribution in [2.24, 2.45) is 5.73 Å². The lowest BCUT2D eigenvalue weighted by atomic mass is 10.1. The molecule has 19 heavy (non-hydrogen) atoms. The minimum Gasteiger partial charge on any atom is -0.493 e. The molecule has 0 aliphatic carbocycles. The van der Waals surface area contributed by atoms with Crippen molar-refractivity contribution in [3.05, 3.63) is 44.6 Å². The van der Waals surface area contributed by atoms with Crippen molar-refractivity contribution in [2.45, 2.75) is 13.0 Å². The number of hydrogen-bond donors (Lipinski definition) is 1. The van der Waals surface area contributed by atoms with E-state index in [2.05, 4.69) is 22.0 Å². The minimum absolute atomic E-state index is 0.540. The van der Waals surface area contributed by atoms with E-state index in [1.165, 1.54) is 0 Å². The Kier molecular flexibility index (Phi) is 5.24. The van der Waals surface area contributed by atoms with Crippen molar-refractivity contribution in [1.29, 1.82) is 0 Å². The Hall–Kier alpha value is -1.04. The highest BCUT2D eigenvalue weighted by Gasteiger charge is 2.07. The van der Waals surface area contributed by atoms with Gasteiger partial charge in [-0.15, -0.1) is 11.3 Å². The molecule has 5 heteroatoms. The summed E-state index contributed by atoms with van der Waals surface area (Å²) in [5.41, 5.74) is 6.73. The molecule has 3 nitrogen and oxygen atoms in total. The molecule has 0 aliphatic rings. The zero-order valence-corrected chi connectivity index (χ0v) is 13.1. The summed E-state index contributed by atoms with van der Waals surface area (Å²) in [6.07, 6.45) is 0.838. The van der Waals surface area contributed by atoms with Gasteiger partial charge in [-0.2, -0.15) is 0 Å². The lowest BCUT2D eigenvalue weighted by Gasteiger charge is -2.11. The average molecular weight is 342 g/mol. The molecule has 0 atom stereocenters. The highest BCUT2D eigenvalue weighted by atomic mass is 79.9. The van der Waals surface area contributed by atoms with Gasteiger partial charge in [-0.1, -0.05) is 6.07 Å². The second kappa shape index (κ2) is 6.93. The molecule has 0 saturated carbocycles. The maximum atomic E-state index is 5.84. The monoisotopic (exact) mass is 341 g/mol. The molecule has 0 saturated heterocycles. The quantitative estimate of drug-likeness (QED) is 0.872. The SMILES string of the molecule is COc1ccc(CCN)cc1OCc1cc(Br)cs1. The fourth-order valence-electron chi connectivity index (χ4n) is 1.73. The molecule has 2 N–H and O–H groups in total. The van der Waals surface area contributed by atoms with Gasteiger partial charge in [0, 0.05) is 14.7 Å². The van der Waals surface area contributed by atoms with Gasteiger partial charge in [-0.05, 0) is 52.7 Å². The van der Waals surface area contributed by atoms with Crippen LogP contribution in [-0.2, 0) is 13.0 Å². The summed E-state index contributed by atoms with van der Waals surface area (Å²) in [4.78, 5) is 1.16. The Labute approximate surface area is 125 Å². The van der Waals surface area contributed by atoms with Crippen LogP contribution in [0, 0.1) is 0 Å². The van der Waals surface area contributed by atoms with Crippen LogP contribution in [0.4, 0.5) is 0 Å². The smallest absolute Gasteiger partial charge is 0.161 e. The maximum Gasteiger partial charge on any atom is 0.161 e.